The molecule has 0 fully saturated rings. The van der Waals surface area contributed by atoms with Gasteiger partial charge in [0.05, 0.1) is 28.5 Å². The van der Waals surface area contributed by atoms with Gasteiger partial charge in [-0.3, -0.25) is 9.36 Å². The summed E-state index contributed by atoms with van der Waals surface area (Å²) in [5, 5.41) is 1.07. The van der Waals surface area contributed by atoms with Gasteiger partial charge in [-0.1, -0.05) is 90.2 Å². The summed E-state index contributed by atoms with van der Waals surface area (Å²) >= 11 is 1.34. The molecule has 0 N–H and O–H groups in total. The zero-order valence-corrected chi connectivity index (χ0v) is 22.5. The number of hydrogen-bond acceptors (Lipinski definition) is 5. The molecule has 3 heterocycles. The van der Waals surface area contributed by atoms with Crippen LogP contribution in [0.15, 0.2) is 112 Å². The number of para-hydroxylation sites is 1. The lowest BCUT2D eigenvalue weighted by Crippen LogP contribution is -2.39. The molecule has 0 amide bonds. The molecule has 2 aromatic heterocycles. The lowest BCUT2D eigenvalue weighted by Gasteiger charge is -2.24. The van der Waals surface area contributed by atoms with E-state index in [9.17, 15) is 9.59 Å². The molecule has 0 spiro atoms. The van der Waals surface area contributed by atoms with E-state index in [0.717, 1.165) is 28.6 Å². The number of hydrogen-bond donors (Lipinski definition) is 0. The Morgan fingerprint density at radius 1 is 1.00 bits per heavy atom. The molecule has 6 nitrogen and oxygen atoms in total. The monoisotopic (exact) mass is 533 g/mol. The van der Waals surface area contributed by atoms with Crippen molar-refractivity contribution in [2.75, 3.05) is 6.61 Å². The molecule has 1 unspecified atom stereocenters. The van der Waals surface area contributed by atoms with Crippen LogP contribution >= 0.6 is 11.3 Å². The third-order valence-corrected chi connectivity index (χ3v) is 7.92. The fourth-order valence-corrected chi connectivity index (χ4v) is 6.22. The summed E-state index contributed by atoms with van der Waals surface area (Å²) in [5.74, 6) is -0.453. The molecule has 0 aliphatic carbocycles. The summed E-state index contributed by atoms with van der Waals surface area (Å²) in [4.78, 5) is 32.3. The van der Waals surface area contributed by atoms with E-state index < -0.39 is 12.0 Å². The fourth-order valence-electron chi connectivity index (χ4n) is 5.18. The molecule has 1 aliphatic rings. The third-order valence-electron chi connectivity index (χ3n) is 6.93. The van der Waals surface area contributed by atoms with Gasteiger partial charge in [0, 0.05) is 29.2 Å². The van der Waals surface area contributed by atoms with Crippen molar-refractivity contribution < 1.29 is 9.53 Å². The maximum Gasteiger partial charge on any atom is 0.338 e. The van der Waals surface area contributed by atoms with E-state index in [1.165, 1.54) is 16.9 Å². The summed E-state index contributed by atoms with van der Waals surface area (Å²) in [7, 11) is 0. The van der Waals surface area contributed by atoms with Gasteiger partial charge in [0.1, 0.15) is 0 Å². The minimum absolute atomic E-state index is 0.179. The molecule has 0 bridgehead atoms. The number of fused-ring (bicyclic) bond motifs is 2. The smallest absolute Gasteiger partial charge is 0.338 e. The van der Waals surface area contributed by atoms with Gasteiger partial charge in [-0.25, -0.2) is 9.79 Å². The van der Waals surface area contributed by atoms with Crippen molar-refractivity contribution in [1.29, 1.82) is 0 Å². The summed E-state index contributed by atoms with van der Waals surface area (Å²) < 4.78 is 9.79. The van der Waals surface area contributed by atoms with Crippen LogP contribution in [0.25, 0.3) is 17.0 Å². The number of nitrogens with zero attached hydrogens (tertiary/aromatic N) is 3. The predicted molar refractivity (Wildman–Crippen MR) is 154 cm³/mol. The lowest BCUT2D eigenvalue weighted by molar-refractivity contribution is -0.139. The van der Waals surface area contributed by atoms with Crippen molar-refractivity contribution in [3.63, 3.8) is 0 Å². The molecule has 0 saturated heterocycles. The number of carbonyl (C=O) groups excluding carboxylic acids is 1. The van der Waals surface area contributed by atoms with Gasteiger partial charge in [-0.05, 0) is 37.1 Å². The number of carbonyl (C=O) groups is 1. The van der Waals surface area contributed by atoms with Crippen LogP contribution in [0.5, 0.6) is 0 Å². The number of esters is 1. The van der Waals surface area contributed by atoms with Gasteiger partial charge < -0.3 is 9.30 Å². The van der Waals surface area contributed by atoms with Crippen molar-refractivity contribution in [2.45, 2.75) is 26.4 Å². The number of aromatic nitrogens is 2. The van der Waals surface area contributed by atoms with E-state index in [0.29, 0.717) is 20.6 Å². The maximum absolute atomic E-state index is 14.0. The van der Waals surface area contributed by atoms with E-state index in [2.05, 4.69) is 40.0 Å². The molecule has 0 saturated carbocycles. The first kappa shape index (κ1) is 24.8. The Morgan fingerprint density at radius 3 is 2.44 bits per heavy atom. The Kier molecular flexibility index (Phi) is 6.59. The SMILES string of the molecule is CCOC(=O)C1=C(C)N=c2s/c(=C/c3cn(Cc4ccccc4)c4ccccc34)c(=O)n2C1c1ccccc1. The Morgan fingerprint density at radius 2 is 1.69 bits per heavy atom. The predicted octanol–water partition coefficient (Wildman–Crippen LogP) is 4.80. The number of ether oxygens (including phenoxy) is 1. The van der Waals surface area contributed by atoms with E-state index in [1.54, 1.807) is 18.4 Å². The van der Waals surface area contributed by atoms with Gasteiger partial charge in [-0.15, -0.1) is 0 Å². The summed E-state index contributed by atoms with van der Waals surface area (Å²) in [6.45, 7) is 4.55. The zero-order valence-electron chi connectivity index (χ0n) is 21.7. The highest BCUT2D eigenvalue weighted by Crippen LogP contribution is 2.30. The molecule has 7 heteroatoms. The van der Waals surface area contributed by atoms with E-state index >= 15 is 0 Å². The highest BCUT2D eigenvalue weighted by Gasteiger charge is 2.33. The average molecular weight is 534 g/mol. The summed E-state index contributed by atoms with van der Waals surface area (Å²) in [5.41, 5.74) is 4.88. The third kappa shape index (κ3) is 4.55. The quantitative estimate of drug-likeness (QED) is 0.295. The normalized spacial score (nSPS) is 15.3. The molecule has 1 aliphatic heterocycles. The zero-order chi connectivity index (χ0) is 26.9. The van der Waals surface area contributed by atoms with E-state index in [4.69, 9.17) is 4.74 Å². The Labute approximate surface area is 229 Å². The van der Waals surface area contributed by atoms with Crippen LogP contribution < -0.4 is 14.9 Å². The van der Waals surface area contributed by atoms with Crippen LogP contribution in [0.1, 0.15) is 36.6 Å². The number of benzene rings is 3. The van der Waals surface area contributed by atoms with Crippen molar-refractivity contribution in [2.24, 2.45) is 4.99 Å². The maximum atomic E-state index is 14.0. The van der Waals surface area contributed by atoms with Crippen LogP contribution in [0.4, 0.5) is 0 Å². The van der Waals surface area contributed by atoms with Gasteiger partial charge >= 0.3 is 5.97 Å². The number of thiazole rings is 1. The summed E-state index contributed by atoms with van der Waals surface area (Å²) in [6.07, 6.45) is 4.04. The molecular weight excluding hydrogens is 506 g/mol. The Balaban J connectivity index is 1.52. The Bertz CT molecular complexity index is 1900. The Hall–Kier alpha value is -4.49. The van der Waals surface area contributed by atoms with Gasteiger partial charge in [0.2, 0.25) is 0 Å². The van der Waals surface area contributed by atoms with Crippen LogP contribution in [0.2, 0.25) is 0 Å². The van der Waals surface area contributed by atoms with E-state index in [-0.39, 0.29) is 12.2 Å². The van der Waals surface area contributed by atoms with Gasteiger partial charge in [0.15, 0.2) is 4.80 Å². The molecule has 5 aromatic rings. The molecule has 3 aromatic carbocycles. The largest absolute Gasteiger partial charge is 0.463 e. The highest BCUT2D eigenvalue weighted by molar-refractivity contribution is 7.07. The number of rotatable bonds is 6. The first-order valence-electron chi connectivity index (χ1n) is 12.9. The molecule has 0 radical (unpaired) electrons. The minimum atomic E-state index is -0.608. The fraction of sp³-hybridized carbons (Fsp3) is 0.156. The minimum Gasteiger partial charge on any atom is -0.463 e. The number of allylic oxidation sites excluding steroid dienone is 1. The van der Waals surface area contributed by atoms with Gasteiger partial charge in [0.25, 0.3) is 5.56 Å². The van der Waals surface area contributed by atoms with Gasteiger partial charge in [-0.2, -0.15) is 0 Å². The second kappa shape index (κ2) is 10.3. The second-order valence-electron chi connectivity index (χ2n) is 9.43. The molecule has 6 rings (SSSR count). The van der Waals surface area contributed by atoms with Crippen molar-refractivity contribution in [3.8, 4) is 0 Å². The lowest BCUT2D eigenvalue weighted by atomic mass is 9.96. The van der Waals surface area contributed by atoms with Crippen LogP contribution in [0.3, 0.4) is 0 Å². The first-order valence-corrected chi connectivity index (χ1v) is 13.7. The molecule has 194 valence electrons. The molecule has 1 atom stereocenters. The van der Waals surface area contributed by atoms with E-state index in [1.807, 2.05) is 66.7 Å². The molecular formula is C32H27N3O3S. The van der Waals surface area contributed by atoms with Crippen LogP contribution in [-0.4, -0.2) is 21.7 Å². The summed E-state index contributed by atoms with van der Waals surface area (Å²) in [6, 6.07) is 27.5. The highest BCUT2D eigenvalue weighted by atomic mass is 32.1. The average Bonchev–Trinajstić information content (AvgIpc) is 3.45. The van der Waals surface area contributed by atoms with Crippen molar-refractivity contribution in [3.05, 3.63) is 139 Å². The van der Waals surface area contributed by atoms with Crippen molar-refractivity contribution in [1.82, 2.24) is 9.13 Å². The second-order valence-corrected chi connectivity index (χ2v) is 10.4. The molecule has 39 heavy (non-hydrogen) atoms. The standard InChI is InChI=1S/C32H27N3O3S/c1-3-38-31(37)28-21(2)33-32-35(29(28)23-14-8-5-9-15-23)30(36)27(39-32)18-24-20-34(19-22-12-6-4-7-13-22)26-17-11-10-16-25(24)26/h4-18,20,29H,3,19H2,1-2H3/b27-18+. The topological polar surface area (TPSA) is 65.6 Å². The first-order chi connectivity index (χ1) is 19.0. The van der Waals surface area contributed by atoms with Crippen LogP contribution in [0, 0.1) is 0 Å². The van der Waals surface area contributed by atoms with Crippen LogP contribution in [-0.2, 0) is 16.1 Å². The van der Waals surface area contributed by atoms with Crippen molar-refractivity contribution >= 4 is 34.3 Å².